The van der Waals surface area contributed by atoms with Gasteiger partial charge in [-0.3, -0.25) is 9.69 Å². The van der Waals surface area contributed by atoms with Crippen LogP contribution in [0.2, 0.25) is 0 Å². The van der Waals surface area contributed by atoms with E-state index in [1.165, 1.54) is 0 Å². The van der Waals surface area contributed by atoms with Crippen molar-refractivity contribution in [3.63, 3.8) is 0 Å². The molecule has 27 heavy (non-hydrogen) atoms. The molecule has 0 radical (unpaired) electrons. The summed E-state index contributed by atoms with van der Waals surface area (Å²) in [5, 5.41) is 6.73. The summed E-state index contributed by atoms with van der Waals surface area (Å²) < 4.78 is 10.9. The van der Waals surface area contributed by atoms with E-state index in [0.29, 0.717) is 29.7 Å². The number of benzene rings is 2. The highest BCUT2D eigenvalue weighted by molar-refractivity contribution is 5.92. The Balaban J connectivity index is 1.53. The van der Waals surface area contributed by atoms with Gasteiger partial charge in [-0.15, -0.1) is 0 Å². The van der Waals surface area contributed by atoms with E-state index >= 15 is 0 Å². The number of para-hydroxylation sites is 1. The van der Waals surface area contributed by atoms with Crippen molar-refractivity contribution in [3.8, 4) is 11.5 Å². The van der Waals surface area contributed by atoms with Crippen LogP contribution in [0, 0.1) is 0 Å². The number of aryl methyl sites for hydroxylation is 1. The van der Waals surface area contributed by atoms with Crippen molar-refractivity contribution in [1.29, 1.82) is 0 Å². The molecular formula is C20H22N4O3. The Kier molecular flexibility index (Phi) is 6.17. The Labute approximate surface area is 158 Å². The standard InChI is InChI=1S/C20H22N4O3/c1-3-18-22-20(27-23-18)14-24(2)13-19(25)21-15-8-7-11-17(12-15)26-16-9-5-4-6-10-16/h4-12H,3,13-14H2,1-2H3,(H,21,25). The fourth-order valence-electron chi connectivity index (χ4n) is 2.49. The summed E-state index contributed by atoms with van der Waals surface area (Å²) in [5.74, 6) is 2.43. The lowest BCUT2D eigenvalue weighted by molar-refractivity contribution is -0.117. The van der Waals surface area contributed by atoms with Crippen LogP contribution in [-0.2, 0) is 17.8 Å². The Bertz CT molecular complexity index is 880. The molecule has 1 aromatic heterocycles. The van der Waals surface area contributed by atoms with Crippen molar-refractivity contribution < 1.29 is 14.1 Å². The van der Waals surface area contributed by atoms with Crippen LogP contribution in [0.25, 0.3) is 0 Å². The van der Waals surface area contributed by atoms with Crippen LogP contribution in [0.1, 0.15) is 18.6 Å². The average molecular weight is 366 g/mol. The molecule has 0 saturated carbocycles. The lowest BCUT2D eigenvalue weighted by Gasteiger charge is -2.14. The monoisotopic (exact) mass is 366 g/mol. The van der Waals surface area contributed by atoms with E-state index in [1.807, 2.05) is 67.4 Å². The number of nitrogens with zero attached hydrogens (tertiary/aromatic N) is 3. The van der Waals surface area contributed by atoms with Crippen LogP contribution in [0.5, 0.6) is 11.5 Å². The average Bonchev–Trinajstić information content (AvgIpc) is 3.10. The molecule has 1 N–H and O–H groups in total. The molecule has 0 atom stereocenters. The van der Waals surface area contributed by atoms with Crippen LogP contribution in [0.15, 0.2) is 59.1 Å². The fourth-order valence-corrected chi connectivity index (χ4v) is 2.49. The lowest BCUT2D eigenvalue weighted by atomic mass is 10.3. The van der Waals surface area contributed by atoms with Gasteiger partial charge in [-0.25, -0.2) is 0 Å². The molecule has 1 heterocycles. The highest BCUT2D eigenvalue weighted by Crippen LogP contribution is 2.23. The number of carbonyl (C=O) groups excluding carboxylic acids is 1. The second-order valence-electron chi connectivity index (χ2n) is 6.12. The van der Waals surface area contributed by atoms with Gasteiger partial charge in [0.15, 0.2) is 5.82 Å². The molecule has 3 aromatic rings. The zero-order valence-corrected chi connectivity index (χ0v) is 15.4. The number of likely N-dealkylation sites (N-methyl/N-ethyl adjacent to an activating group) is 1. The molecule has 0 bridgehead atoms. The van der Waals surface area contributed by atoms with Gasteiger partial charge in [0.1, 0.15) is 11.5 Å². The molecule has 1 amide bonds. The van der Waals surface area contributed by atoms with Crippen molar-refractivity contribution in [2.45, 2.75) is 19.9 Å². The Morgan fingerprint density at radius 2 is 1.93 bits per heavy atom. The maximum Gasteiger partial charge on any atom is 0.240 e. The number of hydrogen-bond acceptors (Lipinski definition) is 6. The van der Waals surface area contributed by atoms with Gasteiger partial charge in [-0.1, -0.05) is 36.3 Å². The van der Waals surface area contributed by atoms with E-state index in [2.05, 4.69) is 15.5 Å². The van der Waals surface area contributed by atoms with Crippen LogP contribution in [0.4, 0.5) is 5.69 Å². The zero-order chi connectivity index (χ0) is 19.1. The van der Waals surface area contributed by atoms with Gasteiger partial charge < -0.3 is 14.6 Å². The number of anilines is 1. The predicted octanol–water partition coefficient (Wildman–Crippen LogP) is 3.49. The highest BCUT2D eigenvalue weighted by Gasteiger charge is 2.12. The molecule has 0 unspecified atom stereocenters. The Morgan fingerprint density at radius 3 is 2.67 bits per heavy atom. The second-order valence-corrected chi connectivity index (χ2v) is 6.12. The normalized spacial score (nSPS) is 10.8. The summed E-state index contributed by atoms with van der Waals surface area (Å²) in [5.41, 5.74) is 0.674. The van der Waals surface area contributed by atoms with E-state index in [0.717, 1.165) is 12.2 Å². The first-order valence-electron chi connectivity index (χ1n) is 8.75. The van der Waals surface area contributed by atoms with Crippen LogP contribution >= 0.6 is 0 Å². The van der Waals surface area contributed by atoms with Crippen LogP contribution in [0.3, 0.4) is 0 Å². The first-order chi connectivity index (χ1) is 13.1. The molecule has 0 spiro atoms. The maximum atomic E-state index is 12.3. The van der Waals surface area contributed by atoms with Gasteiger partial charge in [0.2, 0.25) is 11.8 Å². The largest absolute Gasteiger partial charge is 0.457 e. The van der Waals surface area contributed by atoms with Gasteiger partial charge in [0.25, 0.3) is 0 Å². The van der Waals surface area contributed by atoms with E-state index < -0.39 is 0 Å². The van der Waals surface area contributed by atoms with Gasteiger partial charge in [0, 0.05) is 18.2 Å². The molecule has 3 rings (SSSR count). The fraction of sp³-hybridized carbons (Fsp3) is 0.250. The number of amides is 1. The first kappa shape index (κ1) is 18.6. The van der Waals surface area contributed by atoms with E-state index in [1.54, 1.807) is 6.07 Å². The summed E-state index contributed by atoms with van der Waals surface area (Å²) in [6, 6.07) is 16.8. The quantitative estimate of drug-likeness (QED) is 0.657. The molecule has 7 nitrogen and oxygen atoms in total. The molecule has 0 aliphatic heterocycles. The predicted molar refractivity (Wildman–Crippen MR) is 102 cm³/mol. The van der Waals surface area contributed by atoms with Gasteiger partial charge in [-0.2, -0.15) is 4.98 Å². The second kappa shape index (κ2) is 8.95. The molecule has 0 saturated heterocycles. The van der Waals surface area contributed by atoms with Gasteiger partial charge in [0.05, 0.1) is 13.1 Å². The van der Waals surface area contributed by atoms with E-state index in [9.17, 15) is 4.79 Å². The third-order valence-corrected chi connectivity index (χ3v) is 3.74. The topological polar surface area (TPSA) is 80.5 Å². The molecular weight excluding hydrogens is 344 g/mol. The number of carbonyl (C=O) groups is 1. The number of rotatable bonds is 8. The zero-order valence-electron chi connectivity index (χ0n) is 15.4. The molecule has 2 aromatic carbocycles. The molecule has 140 valence electrons. The third kappa shape index (κ3) is 5.65. The van der Waals surface area contributed by atoms with Crippen molar-refractivity contribution >= 4 is 11.6 Å². The third-order valence-electron chi connectivity index (χ3n) is 3.74. The van der Waals surface area contributed by atoms with Crippen molar-refractivity contribution in [1.82, 2.24) is 15.0 Å². The molecule has 7 heteroatoms. The van der Waals surface area contributed by atoms with Crippen LogP contribution in [-0.4, -0.2) is 34.5 Å². The van der Waals surface area contributed by atoms with Crippen LogP contribution < -0.4 is 10.1 Å². The first-order valence-corrected chi connectivity index (χ1v) is 8.75. The number of aromatic nitrogens is 2. The Hall–Kier alpha value is -3.19. The molecule has 0 fully saturated rings. The van der Waals surface area contributed by atoms with Crippen molar-refractivity contribution in [2.24, 2.45) is 0 Å². The van der Waals surface area contributed by atoms with Gasteiger partial charge in [-0.05, 0) is 31.3 Å². The highest BCUT2D eigenvalue weighted by atomic mass is 16.5. The van der Waals surface area contributed by atoms with Gasteiger partial charge >= 0.3 is 0 Å². The summed E-state index contributed by atoms with van der Waals surface area (Å²) in [6.07, 6.45) is 0.717. The van der Waals surface area contributed by atoms with Crippen molar-refractivity contribution in [3.05, 3.63) is 66.3 Å². The van der Waals surface area contributed by atoms with E-state index in [4.69, 9.17) is 9.26 Å². The maximum absolute atomic E-state index is 12.3. The minimum absolute atomic E-state index is 0.135. The SMILES string of the molecule is CCc1noc(CN(C)CC(=O)Nc2cccc(Oc3ccccc3)c2)n1. The smallest absolute Gasteiger partial charge is 0.240 e. The van der Waals surface area contributed by atoms with E-state index in [-0.39, 0.29) is 12.5 Å². The molecule has 0 aliphatic carbocycles. The minimum atomic E-state index is -0.135. The summed E-state index contributed by atoms with van der Waals surface area (Å²) in [7, 11) is 1.82. The number of ether oxygens (including phenoxy) is 1. The summed E-state index contributed by atoms with van der Waals surface area (Å²) in [4.78, 5) is 18.3. The summed E-state index contributed by atoms with van der Waals surface area (Å²) >= 11 is 0. The Morgan fingerprint density at radius 1 is 1.15 bits per heavy atom. The number of hydrogen-bond donors (Lipinski definition) is 1. The molecule has 0 aliphatic rings. The lowest BCUT2D eigenvalue weighted by Crippen LogP contribution is -2.29. The van der Waals surface area contributed by atoms with Crippen molar-refractivity contribution in [2.75, 3.05) is 18.9 Å². The summed E-state index contributed by atoms with van der Waals surface area (Å²) in [6.45, 7) is 2.58. The number of nitrogens with one attached hydrogen (secondary N) is 1. The minimum Gasteiger partial charge on any atom is -0.457 e.